The van der Waals surface area contributed by atoms with E-state index in [1.807, 2.05) is 6.08 Å². The van der Waals surface area contributed by atoms with Crippen molar-refractivity contribution in [3.8, 4) is 0 Å². The molecule has 2 aliphatic rings. The molecule has 1 nitrogen and oxygen atoms in total. The number of carbonyl (C=O) groups is 1. The van der Waals surface area contributed by atoms with E-state index >= 15 is 0 Å². The first-order valence-electron chi connectivity index (χ1n) is 5.14. The zero-order valence-electron chi connectivity index (χ0n) is 9.42. The Kier molecular flexibility index (Phi) is 2.59. The van der Waals surface area contributed by atoms with Gasteiger partial charge in [-0.15, -0.1) is 23.5 Å². The maximum Gasteiger partial charge on any atom is 0.190 e. The highest BCUT2D eigenvalue weighted by molar-refractivity contribution is 8.23. The van der Waals surface area contributed by atoms with Crippen LogP contribution in [0.15, 0.2) is 23.8 Å². The van der Waals surface area contributed by atoms with Crippen LogP contribution in [0.5, 0.6) is 0 Å². The normalized spacial score (nSPS) is 24.6. The summed E-state index contributed by atoms with van der Waals surface area (Å²) in [5.74, 6) is 2.48. The van der Waals surface area contributed by atoms with E-state index in [9.17, 15) is 4.79 Å². The average Bonchev–Trinajstić information content (AvgIpc) is 2.61. The number of hydrogen-bond acceptors (Lipinski definition) is 3. The molecule has 0 bridgehead atoms. The van der Waals surface area contributed by atoms with Crippen molar-refractivity contribution in [1.82, 2.24) is 0 Å². The summed E-state index contributed by atoms with van der Waals surface area (Å²) in [5.41, 5.74) is 2.11. The zero-order chi connectivity index (χ0) is 11.3. The first-order chi connectivity index (χ1) is 6.93. The molecule has 1 fully saturated rings. The molecule has 0 N–H and O–H groups in total. The summed E-state index contributed by atoms with van der Waals surface area (Å²) >= 11 is 3.55. The van der Waals surface area contributed by atoms with Crippen molar-refractivity contribution in [1.29, 1.82) is 0 Å². The van der Waals surface area contributed by atoms with E-state index in [0.29, 0.717) is 5.78 Å². The Bertz CT molecular complexity index is 354. The Hall–Kier alpha value is -0.150. The van der Waals surface area contributed by atoms with Crippen molar-refractivity contribution in [2.45, 2.75) is 24.9 Å². The number of rotatable bonds is 1. The SMILES string of the molecule is C=CC1=C(C(C)(C)C)C(=O)C12SCCS2. The molecular weight excluding hydrogens is 224 g/mol. The van der Waals surface area contributed by atoms with E-state index in [4.69, 9.17) is 0 Å². The molecule has 0 amide bonds. The zero-order valence-corrected chi connectivity index (χ0v) is 11.1. The number of Topliss-reactive ketones (excluding diaryl/α,β-unsaturated/α-hetero) is 1. The Morgan fingerprint density at radius 1 is 1.33 bits per heavy atom. The van der Waals surface area contributed by atoms with Crippen molar-refractivity contribution in [3.05, 3.63) is 23.8 Å². The largest absolute Gasteiger partial charge is 0.292 e. The molecule has 1 aliphatic carbocycles. The topological polar surface area (TPSA) is 17.1 Å². The summed E-state index contributed by atoms with van der Waals surface area (Å²) in [5, 5.41) is 0. The summed E-state index contributed by atoms with van der Waals surface area (Å²) in [4.78, 5) is 12.3. The minimum atomic E-state index is -0.273. The lowest BCUT2D eigenvalue weighted by Gasteiger charge is -2.43. The maximum absolute atomic E-state index is 12.3. The molecule has 2 rings (SSSR count). The summed E-state index contributed by atoms with van der Waals surface area (Å²) in [6.07, 6.45) is 1.88. The van der Waals surface area contributed by atoms with Gasteiger partial charge in [-0.1, -0.05) is 33.4 Å². The summed E-state index contributed by atoms with van der Waals surface area (Å²) in [7, 11) is 0. The van der Waals surface area contributed by atoms with Crippen LogP contribution < -0.4 is 0 Å². The molecule has 1 saturated heterocycles. The van der Waals surface area contributed by atoms with E-state index in [1.165, 1.54) is 5.57 Å². The average molecular weight is 240 g/mol. The number of thioether (sulfide) groups is 2. The van der Waals surface area contributed by atoms with Crippen LogP contribution in [0.25, 0.3) is 0 Å². The van der Waals surface area contributed by atoms with Crippen LogP contribution in [0.1, 0.15) is 20.8 Å². The van der Waals surface area contributed by atoms with Gasteiger partial charge in [0, 0.05) is 17.1 Å². The van der Waals surface area contributed by atoms with Crippen LogP contribution in [0, 0.1) is 5.41 Å². The standard InChI is InChI=1S/C12H16OS2/c1-5-8-9(11(2,3)4)10(13)12(8)14-6-7-15-12/h5H,1,6-7H2,2-4H3. The van der Waals surface area contributed by atoms with Gasteiger partial charge < -0.3 is 0 Å². The highest BCUT2D eigenvalue weighted by Crippen LogP contribution is 2.60. The molecule has 3 heteroatoms. The van der Waals surface area contributed by atoms with Gasteiger partial charge in [0.05, 0.1) is 0 Å². The highest BCUT2D eigenvalue weighted by atomic mass is 32.2. The van der Waals surface area contributed by atoms with Crippen LogP contribution in [0.3, 0.4) is 0 Å². The Labute approximate surface area is 99.8 Å². The van der Waals surface area contributed by atoms with E-state index in [2.05, 4.69) is 27.4 Å². The Balaban J connectivity index is 2.47. The molecular formula is C12H16OS2. The van der Waals surface area contributed by atoms with E-state index in [0.717, 1.165) is 17.1 Å². The smallest absolute Gasteiger partial charge is 0.190 e. The predicted octanol–water partition coefficient (Wildman–Crippen LogP) is 3.27. The van der Waals surface area contributed by atoms with Crippen LogP contribution in [-0.4, -0.2) is 21.4 Å². The lowest BCUT2D eigenvalue weighted by Crippen LogP contribution is -2.47. The van der Waals surface area contributed by atoms with Crippen LogP contribution in [-0.2, 0) is 4.79 Å². The van der Waals surface area contributed by atoms with Gasteiger partial charge in [-0.2, -0.15) is 0 Å². The number of hydrogen-bond donors (Lipinski definition) is 0. The van der Waals surface area contributed by atoms with Crippen LogP contribution in [0.2, 0.25) is 0 Å². The first kappa shape index (κ1) is 11.3. The lowest BCUT2D eigenvalue weighted by atomic mass is 9.71. The minimum Gasteiger partial charge on any atom is -0.292 e. The fraction of sp³-hybridized carbons (Fsp3) is 0.583. The van der Waals surface area contributed by atoms with Gasteiger partial charge in [-0.25, -0.2) is 0 Å². The van der Waals surface area contributed by atoms with Crippen molar-refractivity contribution in [2.75, 3.05) is 11.5 Å². The van der Waals surface area contributed by atoms with E-state index in [1.54, 1.807) is 23.5 Å². The third-order valence-electron chi connectivity index (χ3n) is 2.80. The lowest BCUT2D eigenvalue weighted by molar-refractivity contribution is -0.117. The molecule has 1 aliphatic heterocycles. The van der Waals surface area contributed by atoms with Crippen LogP contribution >= 0.6 is 23.5 Å². The molecule has 1 spiro atoms. The predicted molar refractivity (Wildman–Crippen MR) is 69.3 cm³/mol. The van der Waals surface area contributed by atoms with Gasteiger partial charge in [-0.3, -0.25) is 4.79 Å². The van der Waals surface area contributed by atoms with Gasteiger partial charge in [0.1, 0.15) is 4.08 Å². The van der Waals surface area contributed by atoms with E-state index < -0.39 is 0 Å². The monoisotopic (exact) mass is 240 g/mol. The van der Waals surface area contributed by atoms with Gasteiger partial charge in [0.15, 0.2) is 5.78 Å². The summed E-state index contributed by atoms with van der Waals surface area (Å²) in [6, 6.07) is 0. The fourth-order valence-corrected chi connectivity index (χ4v) is 5.41. The number of allylic oxidation sites excluding steroid dienone is 2. The Morgan fingerprint density at radius 2 is 1.87 bits per heavy atom. The molecule has 1 heterocycles. The second-order valence-electron chi connectivity index (χ2n) is 4.89. The quantitative estimate of drug-likeness (QED) is 0.700. The molecule has 0 aromatic rings. The molecule has 0 aromatic heterocycles. The molecule has 82 valence electrons. The maximum atomic E-state index is 12.3. The minimum absolute atomic E-state index is 0.0461. The summed E-state index contributed by atoms with van der Waals surface area (Å²) in [6.45, 7) is 10.2. The number of ketones is 1. The van der Waals surface area contributed by atoms with Crippen molar-refractivity contribution < 1.29 is 4.79 Å². The van der Waals surface area contributed by atoms with Crippen molar-refractivity contribution >= 4 is 29.3 Å². The molecule has 0 atom stereocenters. The molecule has 15 heavy (non-hydrogen) atoms. The van der Waals surface area contributed by atoms with Crippen molar-refractivity contribution in [3.63, 3.8) is 0 Å². The van der Waals surface area contributed by atoms with Crippen molar-refractivity contribution in [2.24, 2.45) is 5.41 Å². The summed E-state index contributed by atoms with van der Waals surface area (Å²) < 4.78 is -0.273. The second kappa shape index (κ2) is 3.42. The first-order valence-corrected chi connectivity index (χ1v) is 7.11. The molecule has 0 radical (unpaired) electrons. The molecule has 0 unspecified atom stereocenters. The third kappa shape index (κ3) is 1.43. The highest BCUT2D eigenvalue weighted by Gasteiger charge is 2.57. The Morgan fingerprint density at radius 3 is 2.27 bits per heavy atom. The third-order valence-corrected chi connectivity index (χ3v) is 6.20. The molecule has 0 aromatic carbocycles. The van der Waals surface area contributed by atoms with Gasteiger partial charge >= 0.3 is 0 Å². The number of carbonyl (C=O) groups excluding carboxylic acids is 1. The van der Waals surface area contributed by atoms with Crippen LogP contribution in [0.4, 0.5) is 0 Å². The molecule has 0 saturated carbocycles. The fourth-order valence-electron chi connectivity index (χ4n) is 2.19. The van der Waals surface area contributed by atoms with Gasteiger partial charge in [0.25, 0.3) is 0 Å². The van der Waals surface area contributed by atoms with Gasteiger partial charge in [-0.05, 0) is 11.0 Å². The van der Waals surface area contributed by atoms with E-state index in [-0.39, 0.29) is 9.49 Å². The second-order valence-corrected chi connectivity index (χ2v) is 7.76. The van der Waals surface area contributed by atoms with Gasteiger partial charge in [0.2, 0.25) is 0 Å².